The van der Waals surface area contributed by atoms with Crippen molar-refractivity contribution in [1.82, 2.24) is 15.0 Å². The van der Waals surface area contributed by atoms with E-state index in [1.165, 1.54) is 4.68 Å². The maximum Gasteiger partial charge on any atom is 0.160 e. The first-order valence-electron chi connectivity index (χ1n) is 6.08. The lowest BCUT2D eigenvalue weighted by molar-refractivity contribution is 0.268. The van der Waals surface area contributed by atoms with Crippen LogP contribution in [0.2, 0.25) is 0 Å². The zero-order valence-corrected chi connectivity index (χ0v) is 11.0. The summed E-state index contributed by atoms with van der Waals surface area (Å²) in [5, 5.41) is 28.9. The molecule has 1 aromatic carbocycles. The molecule has 2 rings (SSSR count). The molecule has 1 atom stereocenters. The number of methoxy groups -OCH3 is 1. The Kier molecular flexibility index (Phi) is 4.52. The summed E-state index contributed by atoms with van der Waals surface area (Å²) in [4.78, 5) is 0. The van der Waals surface area contributed by atoms with E-state index in [1.54, 1.807) is 19.4 Å². The van der Waals surface area contributed by atoms with Gasteiger partial charge in [-0.15, -0.1) is 5.10 Å². The molecular formula is C13H15N5O2. The maximum atomic E-state index is 9.24. The summed E-state index contributed by atoms with van der Waals surface area (Å²) in [6, 6.07) is 8.80. The van der Waals surface area contributed by atoms with Crippen LogP contribution in [0.1, 0.15) is 11.7 Å². The van der Waals surface area contributed by atoms with Crippen LogP contribution in [0, 0.1) is 11.3 Å². The lowest BCUT2D eigenvalue weighted by Crippen LogP contribution is -2.09. The third kappa shape index (κ3) is 3.24. The minimum atomic E-state index is -0.616. The fraction of sp³-hybridized carbons (Fsp3) is 0.308. The Bertz CT molecular complexity index is 605. The lowest BCUT2D eigenvalue weighted by atomic mass is 10.2. The van der Waals surface area contributed by atoms with Crippen molar-refractivity contribution in [2.24, 2.45) is 0 Å². The monoisotopic (exact) mass is 273 g/mol. The van der Waals surface area contributed by atoms with Gasteiger partial charge in [-0.25, -0.2) is 4.68 Å². The molecule has 1 heterocycles. The normalized spacial score (nSPS) is 11.7. The number of aliphatic hydroxyl groups is 1. The Hall–Kier alpha value is -2.59. The standard InChI is InChI=1S/C13H15N5O2/c1-20-11-4-2-3-10(7-11)15-12(8-14)13-9-18(5-6-19)17-16-13/h2-4,7,9,12,15,19H,5-6H2,1H3. The number of aliphatic hydroxyl groups excluding tert-OH is 1. The van der Waals surface area contributed by atoms with Gasteiger partial charge in [0.1, 0.15) is 11.4 Å². The Morgan fingerprint density at radius 1 is 1.55 bits per heavy atom. The molecule has 0 fully saturated rings. The van der Waals surface area contributed by atoms with Crippen LogP contribution in [0.15, 0.2) is 30.5 Å². The van der Waals surface area contributed by atoms with Crippen LogP contribution in [-0.2, 0) is 6.54 Å². The second-order valence-corrected chi connectivity index (χ2v) is 4.07. The van der Waals surface area contributed by atoms with Gasteiger partial charge in [0.25, 0.3) is 0 Å². The highest BCUT2D eigenvalue weighted by molar-refractivity contribution is 5.50. The highest BCUT2D eigenvalue weighted by Crippen LogP contribution is 2.21. The summed E-state index contributed by atoms with van der Waals surface area (Å²) in [7, 11) is 1.58. The third-order valence-electron chi connectivity index (χ3n) is 2.69. The summed E-state index contributed by atoms with van der Waals surface area (Å²) in [5.41, 5.74) is 1.26. The van der Waals surface area contributed by atoms with Crippen molar-refractivity contribution < 1.29 is 9.84 Å². The number of nitriles is 1. The van der Waals surface area contributed by atoms with E-state index >= 15 is 0 Å². The Balaban J connectivity index is 2.13. The van der Waals surface area contributed by atoms with Crippen molar-refractivity contribution in [3.05, 3.63) is 36.2 Å². The van der Waals surface area contributed by atoms with Gasteiger partial charge in [0.05, 0.1) is 32.5 Å². The first-order chi connectivity index (χ1) is 9.76. The number of rotatable bonds is 6. The number of nitrogens with zero attached hydrogens (tertiary/aromatic N) is 4. The van der Waals surface area contributed by atoms with E-state index < -0.39 is 6.04 Å². The van der Waals surface area contributed by atoms with Gasteiger partial charge in [0, 0.05) is 11.8 Å². The molecule has 0 aliphatic rings. The molecule has 0 bridgehead atoms. The molecule has 0 amide bonds. The largest absolute Gasteiger partial charge is 0.497 e. The van der Waals surface area contributed by atoms with Crippen LogP contribution < -0.4 is 10.1 Å². The van der Waals surface area contributed by atoms with Gasteiger partial charge < -0.3 is 15.2 Å². The molecule has 0 saturated heterocycles. The Labute approximate surface area is 116 Å². The summed E-state index contributed by atoms with van der Waals surface area (Å²) < 4.78 is 6.62. The van der Waals surface area contributed by atoms with Gasteiger partial charge in [0.2, 0.25) is 0 Å². The number of hydrogen-bond acceptors (Lipinski definition) is 6. The Morgan fingerprint density at radius 2 is 2.40 bits per heavy atom. The fourth-order valence-electron chi connectivity index (χ4n) is 1.71. The first-order valence-corrected chi connectivity index (χ1v) is 6.08. The molecule has 7 heteroatoms. The molecule has 2 N–H and O–H groups in total. The van der Waals surface area contributed by atoms with E-state index in [0.717, 1.165) is 5.69 Å². The summed E-state index contributed by atoms with van der Waals surface area (Å²) in [5.74, 6) is 0.704. The van der Waals surface area contributed by atoms with E-state index in [0.29, 0.717) is 18.0 Å². The van der Waals surface area contributed by atoms with Crippen LogP contribution >= 0.6 is 0 Å². The highest BCUT2D eigenvalue weighted by atomic mass is 16.5. The van der Waals surface area contributed by atoms with Crippen LogP contribution in [0.3, 0.4) is 0 Å². The van der Waals surface area contributed by atoms with E-state index in [1.807, 2.05) is 18.2 Å². The molecule has 0 spiro atoms. The molecular weight excluding hydrogens is 258 g/mol. The molecule has 1 aromatic heterocycles. The smallest absolute Gasteiger partial charge is 0.160 e. The summed E-state index contributed by atoms with van der Waals surface area (Å²) in [6.07, 6.45) is 1.64. The van der Waals surface area contributed by atoms with Crippen molar-refractivity contribution in [3.8, 4) is 11.8 Å². The number of benzene rings is 1. The minimum Gasteiger partial charge on any atom is -0.497 e. The maximum absolute atomic E-state index is 9.24. The second-order valence-electron chi connectivity index (χ2n) is 4.07. The van der Waals surface area contributed by atoms with Crippen molar-refractivity contribution in [2.45, 2.75) is 12.6 Å². The van der Waals surface area contributed by atoms with Gasteiger partial charge in [-0.2, -0.15) is 5.26 Å². The van der Waals surface area contributed by atoms with Gasteiger partial charge in [-0.3, -0.25) is 0 Å². The Morgan fingerprint density at radius 3 is 3.10 bits per heavy atom. The number of nitrogens with one attached hydrogen (secondary N) is 1. The molecule has 7 nitrogen and oxygen atoms in total. The van der Waals surface area contributed by atoms with Crippen LogP contribution in [0.25, 0.3) is 0 Å². The number of aromatic nitrogens is 3. The van der Waals surface area contributed by atoms with E-state index in [4.69, 9.17) is 9.84 Å². The molecule has 0 radical (unpaired) electrons. The average molecular weight is 273 g/mol. The second kappa shape index (κ2) is 6.54. The first kappa shape index (κ1) is 13.8. The van der Waals surface area contributed by atoms with Crippen LogP contribution in [0.4, 0.5) is 5.69 Å². The summed E-state index contributed by atoms with van der Waals surface area (Å²) >= 11 is 0. The minimum absolute atomic E-state index is 0.0245. The molecule has 1 unspecified atom stereocenters. The van der Waals surface area contributed by atoms with Crippen molar-refractivity contribution in [3.63, 3.8) is 0 Å². The lowest BCUT2D eigenvalue weighted by Gasteiger charge is -2.11. The van der Waals surface area contributed by atoms with E-state index in [2.05, 4.69) is 21.7 Å². The van der Waals surface area contributed by atoms with E-state index in [9.17, 15) is 5.26 Å². The number of hydrogen-bond donors (Lipinski definition) is 2. The number of anilines is 1. The van der Waals surface area contributed by atoms with Gasteiger partial charge in [-0.1, -0.05) is 11.3 Å². The fourth-order valence-corrected chi connectivity index (χ4v) is 1.71. The van der Waals surface area contributed by atoms with Crippen molar-refractivity contribution >= 4 is 5.69 Å². The molecule has 0 aliphatic carbocycles. The van der Waals surface area contributed by atoms with Crippen LogP contribution in [0.5, 0.6) is 5.75 Å². The highest BCUT2D eigenvalue weighted by Gasteiger charge is 2.14. The molecule has 20 heavy (non-hydrogen) atoms. The number of ether oxygens (including phenoxy) is 1. The third-order valence-corrected chi connectivity index (χ3v) is 2.69. The molecule has 104 valence electrons. The predicted octanol–water partition coefficient (Wildman–Crippen LogP) is 0.956. The van der Waals surface area contributed by atoms with Crippen molar-refractivity contribution in [1.29, 1.82) is 5.26 Å². The summed E-state index contributed by atoms with van der Waals surface area (Å²) in [6.45, 7) is 0.327. The van der Waals surface area contributed by atoms with E-state index in [-0.39, 0.29) is 6.61 Å². The quantitative estimate of drug-likeness (QED) is 0.813. The van der Waals surface area contributed by atoms with Gasteiger partial charge in [0.15, 0.2) is 6.04 Å². The molecule has 0 saturated carbocycles. The molecule has 0 aliphatic heterocycles. The SMILES string of the molecule is COc1cccc(NC(C#N)c2cn(CCO)nn2)c1. The zero-order valence-electron chi connectivity index (χ0n) is 11.0. The van der Waals surface area contributed by atoms with Crippen molar-refractivity contribution in [2.75, 3.05) is 19.0 Å². The average Bonchev–Trinajstić information content (AvgIpc) is 2.94. The van der Waals surface area contributed by atoms with Crippen LogP contribution in [-0.4, -0.2) is 33.8 Å². The zero-order chi connectivity index (χ0) is 14.4. The van der Waals surface area contributed by atoms with Gasteiger partial charge >= 0.3 is 0 Å². The predicted molar refractivity (Wildman–Crippen MR) is 72.1 cm³/mol. The molecule has 2 aromatic rings. The topological polar surface area (TPSA) is 96.0 Å². The van der Waals surface area contributed by atoms with Gasteiger partial charge in [-0.05, 0) is 12.1 Å².